The van der Waals surface area contributed by atoms with Gasteiger partial charge in [0.2, 0.25) is 0 Å². The van der Waals surface area contributed by atoms with Gasteiger partial charge in [-0.15, -0.1) is 0 Å². The van der Waals surface area contributed by atoms with Crippen LogP contribution in [0.5, 0.6) is 0 Å². The Bertz CT molecular complexity index is 689. The standard InChI is InChI=1S/C23H29NO2/c1-3-23(16-10-15-22(23,2)21(25)26)24(17-19-11-6-4-7-12-19)18-20-13-8-5-9-14-20/h4-9,11-14H,3,10,15-18H2,1-2H3,(H,25,26). The quantitative estimate of drug-likeness (QED) is 0.753. The number of hydrogen-bond acceptors (Lipinski definition) is 2. The first-order valence-corrected chi connectivity index (χ1v) is 9.58. The zero-order valence-electron chi connectivity index (χ0n) is 15.8. The van der Waals surface area contributed by atoms with E-state index >= 15 is 0 Å². The molecule has 138 valence electrons. The van der Waals surface area contributed by atoms with Crippen LogP contribution in [0.4, 0.5) is 0 Å². The fourth-order valence-electron chi connectivity index (χ4n) is 4.81. The summed E-state index contributed by atoms with van der Waals surface area (Å²) in [5.41, 5.74) is 1.42. The van der Waals surface area contributed by atoms with Crippen LogP contribution in [0.2, 0.25) is 0 Å². The van der Waals surface area contributed by atoms with Crippen LogP contribution in [-0.4, -0.2) is 21.5 Å². The molecular weight excluding hydrogens is 322 g/mol. The molecule has 0 saturated heterocycles. The molecule has 1 fully saturated rings. The van der Waals surface area contributed by atoms with Crippen LogP contribution in [0, 0.1) is 5.41 Å². The molecule has 0 heterocycles. The number of carbonyl (C=O) groups is 1. The van der Waals surface area contributed by atoms with E-state index in [0.717, 1.165) is 38.8 Å². The van der Waals surface area contributed by atoms with Crippen LogP contribution in [0.15, 0.2) is 60.7 Å². The molecule has 0 aromatic heterocycles. The van der Waals surface area contributed by atoms with E-state index in [0.29, 0.717) is 0 Å². The molecule has 2 atom stereocenters. The van der Waals surface area contributed by atoms with Crippen molar-refractivity contribution in [1.82, 2.24) is 4.90 Å². The zero-order chi connectivity index (χ0) is 18.6. The molecule has 1 N–H and O–H groups in total. The highest BCUT2D eigenvalue weighted by Gasteiger charge is 2.58. The topological polar surface area (TPSA) is 40.5 Å². The molecule has 2 unspecified atom stereocenters. The number of hydrogen-bond donors (Lipinski definition) is 1. The molecule has 26 heavy (non-hydrogen) atoms. The van der Waals surface area contributed by atoms with E-state index in [1.807, 2.05) is 19.1 Å². The summed E-state index contributed by atoms with van der Waals surface area (Å²) in [6.07, 6.45) is 3.49. The Morgan fingerprint density at radius 3 is 1.88 bits per heavy atom. The van der Waals surface area contributed by atoms with Crippen molar-refractivity contribution < 1.29 is 9.90 Å². The molecule has 0 bridgehead atoms. The number of nitrogens with zero attached hydrogens (tertiary/aromatic N) is 1. The lowest BCUT2D eigenvalue weighted by molar-refractivity contribution is -0.158. The monoisotopic (exact) mass is 351 g/mol. The smallest absolute Gasteiger partial charge is 0.311 e. The van der Waals surface area contributed by atoms with Gasteiger partial charge in [-0.25, -0.2) is 0 Å². The molecule has 3 rings (SSSR count). The lowest BCUT2D eigenvalue weighted by Crippen LogP contribution is -2.58. The van der Waals surface area contributed by atoms with E-state index in [1.165, 1.54) is 11.1 Å². The maximum atomic E-state index is 12.3. The van der Waals surface area contributed by atoms with Gasteiger partial charge in [-0.3, -0.25) is 9.69 Å². The lowest BCUT2D eigenvalue weighted by Gasteiger charge is -2.49. The van der Waals surface area contributed by atoms with Crippen LogP contribution in [0.25, 0.3) is 0 Å². The van der Waals surface area contributed by atoms with Crippen molar-refractivity contribution in [2.24, 2.45) is 5.41 Å². The maximum absolute atomic E-state index is 12.3. The van der Waals surface area contributed by atoms with E-state index < -0.39 is 11.4 Å². The van der Waals surface area contributed by atoms with Gasteiger partial charge in [0, 0.05) is 18.6 Å². The number of benzene rings is 2. The summed E-state index contributed by atoms with van der Waals surface area (Å²) in [5.74, 6) is -0.664. The van der Waals surface area contributed by atoms with E-state index in [-0.39, 0.29) is 5.54 Å². The fourth-order valence-corrected chi connectivity index (χ4v) is 4.81. The third-order valence-corrected chi connectivity index (χ3v) is 6.39. The van der Waals surface area contributed by atoms with Crippen molar-refractivity contribution in [3.63, 3.8) is 0 Å². The maximum Gasteiger partial charge on any atom is 0.311 e. The molecule has 1 saturated carbocycles. The minimum absolute atomic E-state index is 0.329. The largest absolute Gasteiger partial charge is 0.481 e. The second kappa shape index (κ2) is 7.63. The van der Waals surface area contributed by atoms with E-state index in [9.17, 15) is 9.90 Å². The van der Waals surface area contributed by atoms with Crippen LogP contribution in [-0.2, 0) is 17.9 Å². The molecule has 3 nitrogen and oxygen atoms in total. The van der Waals surface area contributed by atoms with Gasteiger partial charge in [0.25, 0.3) is 0 Å². The Hall–Kier alpha value is -2.13. The van der Waals surface area contributed by atoms with Crippen molar-refractivity contribution in [1.29, 1.82) is 0 Å². The van der Waals surface area contributed by atoms with Gasteiger partial charge in [0.1, 0.15) is 0 Å². The Labute approximate surface area is 156 Å². The van der Waals surface area contributed by atoms with Crippen molar-refractivity contribution in [2.75, 3.05) is 0 Å². The third-order valence-electron chi connectivity index (χ3n) is 6.39. The molecule has 2 aromatic rings. The molecule has 3 heteroatoms. The van der Waals surface area contributed by atoms with E-state index in [1.54, 1.807) is 0 Å². The number of rotatable bonds is 7. The predicted octanol–water partition coefficient (Wildman–Crippen LogP) is 5.11. The Kier molecular flexibility index (Phi) is 5.47. The van der Waals surface area contributed by atoms with Gasteiger partial charge in [0.15, 0.2) is 0 Å². The second-order valence-corrected chi connectivity index (χ2v) is 7.70. The molecule has 0 radical (unpaired) electrons. The summed E-state index contributed by atoms with van der Waals surface area (Å²) in [7, 11) is 0. The average Bonchev–Trinajstić information content (AvgIpc) is 3.02. The predicted molar refractivity (Wildman–Crippen MR) is 105 cm³/mol. The van der Waals surface area contributed by atoms with Crippen LogP contribution in [0.3, 0.4) is 0 Å². The highest BCUT2D eigenvalue weighted by atomic mass is 16.4. The first-order valence-electron chi connectivity index (χ1n) is 9.58. The average molecular weight is 351 g/mol. The molecule has 0 spiro atoms. The van der Waals surface area contributed by atoms with E-state index in [2.05, 4.69) is 60.4 Å². The summed E-state index contributed by atoms with van der Waals surface area (Å²) < 4.78 is 0. The summed E-state index contributed by atoms with van der Waals surface area (Å²) in [6, 6.07) is 20.8. The van der Waals surface area contributed by atoms with Gasteiger partial charge < -0.3 is 5.11 Å². The molecule has 1 aliphatic carbocycles. The molecular formula is C23H29NO2. The van der Waals surface area contributed by atoms with Crippen LogP contribution < -0.4 is 0 Å². The molecule has 0 amide bonds. The fraction of sp³-hybridized carbons (Fsp3) is 0.435. The molecule has 2 aromatic carbocycles. The second-order valence-electron chi connectivity index (χ2n) is 7.70. The zero-order valence-corrected chi connectivity index (χ0v) is 15.8. The van der Waals surface area contributed by atoms with Gasteiger partial charge in [-0.1, -0.05) is 74.0 Å². The van der Waals surface area contributed by atoms with Gasteiger partial charge in [-0.05, 0) is 37.3 Å². The number of carboxylic acid groups (broad SMARTS) is 1. The molecule has 1 aliphatic rings. The normalized spacial score (nSPS) is 25.5. The SMILES string of the molecule is CCC1(N(Cc2ccccc2)Cc2ccccc2)CCCC1(C)C(=O)O. The summed E-state index contributed by atoms with van der Waals surface area (Å²) in [5, 5.41) is 10.1. The number of aliphatic carboxylic acids is 1. The Morgan fingerprint density at radius 1 is 0.962 bits per heavy atom. The molecule has 0 aliphatic heterocycles. The summed E-state index contributed by atoms with van der Waals surface area (Å²) >= 11 is 0. The highest BCUT2D eigenvalue weighted by molar-refractivity contribution is 5.76. The Balaban J connectivity index is 2.01. The van der Waals surface area contributed by atoms with Crippen molar-refractivity contribution >= 4 is 5.97 Å². The first kappa shape index (κ1) is 18.7. The summed E-state index contributed by atoms with van der Waals surface area (Å²) in [4.78, 5) is 14.7. The van der Waals surface area contributed by atoms with Crippen molar-refractivity contribution in [3.8, 4) is 0 Å². The van der Waals surface area contributed by atoms with Gasteiger partial charge in [0.05, 0.1) is 5.41 Å². The summed E-state index contributed by atoms with van der Waals surface area (Å²) in [6.45, 7) is 5.64. The first-order chi connectivity index (χ1) is 12.5. The Morgan fingerprint density at radius 2 is 1.46 bits per heavy atom. The van der Waals surface area contributed by atoms with Gasteiger partial charge in [-0.2, -0.15) is 0 Å². The van der Waals surface area contributed by atoms with Gasteiger partial charge >= 0.3 is 5.97 Å². The third kappa shape index (κ3) is 3.28. The van der Waals surface area contributed by atoms with Crippen LogP contribution >= 0.6 is 0 Å². The minimum Gasteiger partial charge on any atom is -0.481 e. The highest BCUT2D eigenvalue weighted by Crippen LogP contribution is 2.53. The van der Waals surface area contributed by atoms with E-state index in [4.69, 9.17) is 0 Å². The lowest BCUT2D eigenvalue weighted by atomic mass is 9.70. The minimum atomic E-state index is -0.717. The van der Waals surface area contributed by atoms with Crippen molar-refractivity contribution in [2.45, 2.75) is 58.2 Å². The van der Waals surface area contributed by atoms with Crippen LogP contribution in [0.1, 0.15) is 50.7 Å². The van der Waals surface area contributed by atoms with Crippen molar-refractivity contribution in [3.05, 3.63) is 71.8 Å². The number of carboxylic acids is 1.